The molecule has 0 heterocycles. The standard InChI is InChI=1S/C17H13ClN2O2/c1-11-4-2-3-5-15(11)20-17(22)16(21)14(10-19)12-6-8-13(18)9-7-12/h2-9,14H,1H3,(H,20,22)/t14-/m1/s1. The molecule has 0 saturated carbocycles. The molecule has 0 spiro atoms. The van der Waals surface area contributed by atoms with E-state index in [1.54, 1.807) is 36.4 Å². The number of halogens is 1. The number of Topliss-reactive ketones (excluding diaryl/α,β-unsaturated/α-hetero) is 1. The number of hydrogen-bond donors (Lipinski definition) is 1. The molecule has 0 saturated heterocycles. The molecule has 0 fully saturated rings. The average molecular weight is 313 g/mol. The normalized spacial score (nSPS) is 11.3. The fourth-order valence-electron chi connectivity index (χ4n) is 1.97. The van der Waals surface area contributed by atoms with E-state index in [-0.39, 0.29) is 0 Å². The lowest BCUT2D eigenvalue weighted by molar-refractivity contribution is -0.135. The maximum Gasteiger partial charge on any atom is 0.293 e. The quantitative estimate of drug-likeness (QED) is 0.879. The van der Waals surface area contributed by atoms with E-state index in [0.717, 1.165) is 5.56 Å². The summed E-state index contributed by atoms with van der Waals surface area (Å²) in [5.74, 6) is -2.76. The van der Waals surface area contributed by atoms with E-state index in [2.05, 4.69) is 5.32 Å². The van der Waals surface area contributed by atoms with Crippen molar-refractivity contribution in [3.63, 3.8) is 0 Å². The summed E-state index contributed by atoms with van der Waals surface area (Å²) in [5, 5.41) is 12.2. The first-order valence-corrected chi connectivity index (χ1v) is 6.96. The first-order chi connectivity index (χ1) is 10.5. The van der Waals surface area contributed by atoms with E-state index < -0.39 is 17.6 Å². The minimum absolute atomic E-state index is 0.442. The molecule has 110 valence electrons. The van der Waals surface area contributed by atoms with Gasteiger partial charge in [0.05, 0.1) is 6.07 Å². The number of ketones is 1. The molecular formula is C17H13ClN2O2. The van der Waals surface area contributed by atoms with E-state index in [1.807, 2.05) is 25.1 Å². The minimum atomic E-state index is -1.15. The van der Waals surface area contributed by atoms with Gasteiger partial charge in [0, 0.05) is 10.7 Å². The summed E-state index contributed by atoms with van der Waals surface area (Å²) in [5.41, 5.74) is 1.83. The summed E-state index contributed by atoms with van der Waals surface area (Å²) >= 11 is 5.78. The van der Waals surface area contributed by atoms with Gasteiger partial charge in [0.2, 0.25) is 5.78 Å². The summed E-state index contributed by atoms with van der Waals surface area (Å²) in [6.07, 6.45) is 0. The van der Waals surface area contributed by atoms with Crippen molar-refractivity contribution in [1.29, 1.82) is 5.26 Å². The van der Waals surface area contributed by atoms with Crippen molar-refractivity contribution < 1.29 is 9.59 Å². The Hall–Kier alpha value is -2.64. The molecule has 1 atom stereocenters. The smallest absolute Gasteiger partial charge is 0.293 e. The van der Waals surface area contributed by atoms with E-state index in [1.165, 1.54) is 0 Å². The van der Waals surface area contributed by atoms with E-state index in [9.17, 15) is 14.9 Å². The van der Waals surface area contributed by atoms with Crippen molar-refractivity contribution >= 4 is 29.0 Å². The van der Waals surface area contributed by atoms with Crippen LogP contribution in [0.3, 0.4) is 0 Å². The van der Waals surface area contributed by atoms with Crippen LogP contribution >= 0.6 is 11.6 Å². The number of aryl methyl sites for hydroxylation is 1. The molecule has 0 unspecified atom stereocenters. The minimum Gasteiger partial charge on any atom is -0.319 e. The largest absolute Gasteiger partial charge is 0.319 e. The Bertz CT molecular complexity index is 748. The molecule has 2 aromatic rings. The second-order valence-corrected chi connectivity index (χ2v) is 5.18. The zero-order valence-electron chi connectivity index (χ0n) is 11.8. The zero-order valence-corrected chi connectivity index (χ0v) is 12.6. The van der Waals surface area contributed by atoms with Gasteiger partial charge in [-0.15, -0.1) is 0 Å². The lowest BCUT2D eigenvalue weighted by Crippen LogP contribution is -2.28. The molecule has 0 aliphatic carbocycles. The average Bonchev–Trinajstić information content (AvgIpc) is 2.52. The molecule has 0 bridgehead atoms. The van der Waals surface area contributed by atoms with Gasteiger partial charge in [-0.2, -0.15) is 5.26 Å². The number of carbonyl (C=O) groups is 2. The summed E-state index contributed by atoms with van der Waals surface area (Å²) in [7, 11) is 0. The third kappa shape index (κ3) is 3.51. The molecule has 2 aromatic carbocycles. The number of anilines is 1. The molecule has 0 radical (unpaired) electrons. The van der Waals surface area contributed by atoms with E-state index in [4.69, 9.17) is 11.6 Å². The number of amides is 1. The second-order valence-electron chi connectivity index (χ2n) is 4.75. The van der Waals surface area contributed by atoms with Crippen LogP contribution in [-0.4, -0.2) is 11.7 Å². The lowest BCUT2D eigenvalue weighted by Gasteiger charge is -2.10. The number of rotatable bonds is 4. The Balaban J connectivity index is 2.18. The predicted octanol–water partition coefficient (Wildman–Crippen LogP) is 3.46. The number of benzene rings is 2. The molecular weight excluding hydrogens is 300 g/mol. The molecule has 2 rings (SSSR count). The summed E-state index contributed by atoms with van der Waals surface area (Å²) in [6, 6.07) is 15.3. The van der Waals surface area contributed by atoms with Gasteiger partial charge in [0.1, 0.15) is 5.92 Å². The van der Waals surface area contributed by atoms with Gasteiger partial charge in [-0.05, 0) is 36.2 Å². The lowest BCUT2D eigenvalue weighted by atomic mass is 9.95. The van der Waals surface area contributed by atoms with Crippen LogP contribution in [0, 0.1) is 18.3 Å². The van der Waals surface area contributed by atoms with Gasteiger partial charge in [0.25, 0.3) is 5.91 Å². The van der Waals surface area contributed by atoms with Crippen LogP contribution in [0.5, 0.6) is 0 Å². The maximum atomic E-state index is 12.2. The molecule has 0 aromatic heterocycles. The monoisotopic (exact) mass is 312 g/mol. The number of nitrogens with zero attached hydrogens (tertiary/aromatic N) is 1. The molecule has 1 N–H and O–H groups in total. The number of nitrogens with one attached hydrogen (secondary N) is 1. The summed E-state index contributed by atoms with van der Waals surface area (Å²) in [4.78, 5) is 24.3. The van der Waals surface area contributed by atoms with Crippen molar-refractivity contribution in [2.45, 2.75) is 12.8 Å². The number of carbonyl (C=O) groups excluding carboxylic acids is 2. The Morgan fingerprint density at radius 1 is 1.14 bits per heavy atom. The van der Waals surface area contributed by atoms with Crippen molar-refractivity contribution in [3.05, 3.63) is 64.7 Å². The summed E-state index contributed by atoms with van der Waals surface area (Å²) < 4.78 is 0. The highest BCUT2D eigenvalue weighted by molar-refractivity contribution is 6.43. The highest BCUT2D eigenvalue weighted by Gasteiger charge is 2.27. The third-order valence-corrected chi connectivity index (χ3v) is 3.46. The maximum absolute atomic E-state index is 12.2. The summed E-state index contributed by atoms with van der Waals surface area (Å²) in [6.45, 7) is 1.82. The molecule has 22 heavy (non-hydrogen) atoms. The molecule has 0 aliphatic rings. The van der Waals surface area contributed by atoms with Gasteiger partial charge >= 0.3 is 0 Å². The second kappa shape index (κ2) is 6.88. The SMILES string of the molecule is Cc1ccccc1NC(=O)C(=O)[C@H](C#N)c1ccc(Cl)cc1. The van der Waals surface area contributed by atoms with Gasteiger partial charge in [-0.25, -0.2) is 0 Å². The van der Waals surface area contributed by atoms with Crippen LogP contribution in [0.4, 0.5) is 5.69 Å². The van der Waals surface area contributed by atoms with Gasteiger partial charge in [-0.1, -0.05) is 41.9 Å². The van der Waals surface area contributed by atoms with Crippen LogP contribution in [-0.2, 0) is 9.59 Å². The fraction of sp³-hybridized carbons (Fsp3) is 0.118. The van der Waals surface area contributed by atoms with Crippen LogP contribution in [0.2, 0.25) is 5.02 Å². The first-order valence-electron chi connectivity index (χ1n) is 6.59. The Morgan fingerprint density at radius 2 is 1.77 bits per heavy atom. The van der Waals surface area contributed by atoms with Crippen molar-refractivity contribution in [2.75, 3.05) is 5.32 Å². The van der Waals surface area contributed by atoms with Gasteiger partial charge in [-0.3, -0.25) is 9.59 Å². The number of hydrogen-bond acceptors (Lipinski definition) is 3. The first kappa shape index (κ1) is 15.7. The predicted molar refractivity (Wildman–Crippen MR) is 84.6 cm³/mol. The van der Waals surface area contributed by atoms with Gasteiger partial charge in [0.15, 0.2) is 0 Å². The van der Waals surface area contributed by atoms with Crippen molar-refractivity contribution in [3.8, 4) is 6.07 Å². The molecule has 1 amide bonds. The Morgan fingerprint density at radius 3 is 2.36 bits per heavy atom. The Labute approximate surface area is 133 Å². The fourth-order valence-corrected chi connectivity index (χ4v) is 2.09. The van der Waals surface area contributed by atoms with Crippen LogP contribution in [0.1, 0.15) is 17.0 Å². The third-order valence-electron chi connectivity index (χ3n) is 3.21. The number of para-hydroxylation sites is 1. The highest BCUT2D eigenvalue weighted by atomic mass is 35.5. The van der Waals surface area contributed by atoms with Crippen LogP contribution in [0.25, 0.3) is 0 Å². The van der Waals surface area contributed by atoms with Crippen LogP contribution < -0.4 is 5.32 Å². The highest BCUT2D eigenvalue weighted by Crippen LogP contribution is 2.20. The van der Waals surface area contributed by atoms with Crippen molar-refractivity contribution in [2.24, 2.45) is 0 Å². The molecule has 0 aliphatic heterocycles. The molecule has 4 nitrogen and oxygen atoms in total. The van der Waals surface area contributed by atoms with E-state index >= 15 is 0 Å². The van der Waals surface area contributed by atoms with Gasteiger partial charge < -0.3 is 5.32 Å². The molecule has 5 heteroatoms. The topological polar surface area (TPSA) is 70.0 Å². The van der Waals surface area contributed by atoms with E-state index in [0.29, 0.717) is 16.3 Å². The van der Waals surface area contributed by atoms with Crippen LogP contribution in [0.15, 0.2) is 48.5 Å². The van der Waals surface area contributed by atoms with Crippen molar-refractivity contribution in [1.82, 2.24) is 0 Å². The number of nitriles is 1. The zero-order chi connectivity index (χ0) is 16.1. The Kier molecular flexibility index (Phi) is 4.92.